The van der Waals surface area contributed by atoms with Crippen molar-refractivity contribution in [3.05, 3.63) is 35.9 Å². The smallest absolute Gasteiger partial charge is 0.239 e. The summed E-state index contributed by atoms with van der Waals surface area (Å²) in [6.45, 7) is 3.67. The van der Waals surface area contributed by atoms with Gasteiger partial charge in [-0.3, -0.25) is 9.59 Å². The molecule has 1 unspecified atom stereocenters. The molecule has 6 nitrogen and oxygen atoms in total. The maximum atomic E-state index is 12.6. The average molecular weight is 345 g/mol. The zero-order valence-electron chi connectivity index (χ0n) is 14.6. The van der Waals surface area contributed by atoms with Gasteiger partial charge in [0, 0.05) is 39.4 Å². The third kappa shape index (κ3) is 4.58. The number of nitrogens with zero attached hydrogens (tertiary/aromatic N) is 2. The van der Waals surface area contributed by atoms with Crippen molar-refractivity contribution in [3.8, 4) is 0 Å². The molecule has 0 radical (unpaired) electrons. The highest BCUT2D eigenvalue weighted by atomic mass is 16.5. The first kappa shape index (κ1) is 17.9. The Morgan fingerprint density at radius 1 is 1.04 bits per heavy atom. The Balaban J connectivity index is 1.47. The zero-order valence-corrected chi connectivity index (χ0v) is 14.6. The van der Waals surface area contributed by atoms with Gasteiger partial charge in [-0.1, -0.05) is 30.3 Å². The summed E-state index contributed by atoms with van der Waals surface area (Å²) in [5.41, 5.74) is 7.21. The Kier molecular flexibility index (Phi) is 6.04. The lowest BCUT2D eigenvalue weighted by atomic mass is 9.91. The molecule has 2 heterocycles. The molecule has 1 aromatic rings. The van der Waals surface area contributed by atoms with E-state index in [1.165, 1.54) is 0 Å². The molecule has 136 valence electrons. The number of piperazine rings is 1. The Morgan fingerprint density at radius 3 is 2.28 bits per heavy atom. The van der Waals surface area contributed by atoms with Crippen LogP contribution in [0, 0.1) is 5.92 Å². The van der Waals surface area contributed by atoms with E-state index >= 15 is 0 Å². The minimum atomic E-state index is -0.449. The van der Waals surface area contributed by atoms with Gasteiger partial charge in [0.05, 0.1) is 12.5 Å². The monoisotopic (exact) mass is 345 g/mol. The van der Waals surface area contributed by atoms with Crippen molar-refractivity contribution in [2.24, 2.45) is 11.7 Å². The molecule has 0 aliphatic carbocycles. The summed E-state index contributed by atoms with van der Waals surface area (Å²) in [5.74, 6) is 0.341. The molecule has 2 aliphatic rings. The van der Waals surface area contributed by atoms with Crippen molar-refractivity contribution in [1.82, 2.24) is 9.80 Å². The van der Waals surface area contributed by atoms with Crippen molar-refractivity contribution in [1.29, 1.82) is 0 Å². The predicted octanol–water partition coefficient (Wildman–Crippen LogP) is 0.654. The van der Waals surface area contributed by atoms with Crippen molar-refractivity contribution in [2.75, 3.05) is 39.4 Å². The van der Waals surface area contributed by atoms with Crippen LogP contribution in [0.3, 0.4) is 0 Å². The van der Waals surface area contributed by atoms with Crippen molar-refractivity contribution >= 4 is 11.8 Å². The van der Waals surface area contributed by atoms with Crippen LogP contribution < -0.4 is 5.73 Å². The Bertz CT molecular complexity index is 579. The van der Waals surface area contributed by atoms with E-state index in [1.807, 2.05) is 40.1 Å². The number of nitrogens with two attached hydrogens (primary N) is 1. The number of hydrogen-bond donors (Lipinski definition) is 1. The van der Waals surface area contributed by atoms with Crippen molar-refractivity contribution < 1.29 is 14.3 Å². The topological polar surface area (TPSA) is 75.9 Å². The van der Waals surface area contributed by atoms with Gasteiger partial charge in [-0.25, -0.2) is 0 Å². The van der Waals surface area contributed by atoms with Gasteiger partial charge in [0.25, 0.3) is 0 Å². The van der Waals surface area contributed by atoms with Gasteiger partial charge >= 0.3 is 0 Å². The van der Waals surface area contributed by atoms with Gasteiger partial charge in [-0.15, -0.1) is 0 Å². The Labute approximate surface area is 148 Å². The van der Waals surface area contributed by atoms with E-state index in [-0.39, 0.29) is 17.7 Å². The highest BCUT2D eigenvalue weighted by Crippen LogP contribution is 2.19. The SMILES string of the molecule is NC(C(=O)N1CCN(C(=O)Cc2ccccc2)CC1)C1CCOCC1. The lowest BCUT2D eigenvalue weighted by Gasteiger charge is -2.37. The molecule has 6 heteroatoms. The lowest BCUT2D eigenvalue weighted by molar-refractivity contribution is -0.141. The summed E-state index contributed by atoms with van der Waals surface area (Å²) >= 11 is 0. The summed E-state index contributed by atoms with van der Waals surface area (Å²) in [5, 5.41) is 0. The molecular formula is C19H27N3O3. The van der Waals surface area contributed by atoms with Crippen LogP contribution in [0.4, 0.5) is 0 Å². The van der Waals surface area contributed by atoms with E-state index in [2.05, 4.69) is 0 Å². The van der Waals surface area contributed by atoms with Gasteiger partial charge in [-0.2, -0.15) is 0 Å². The van der Waals surface area contributed by atoms with Gasteiger partial charge in [0.2, 0.25) is 11.8 Å². The number of hydrogen-bond acceptors (Lipinski definition) is 4. The average Bonchev–Trinajstić information content (AvgIpc) is 2.68. The number of carbonyl (C=O) groups excluding carboxylic acids is 2. The van der Waals surface area contributed by atoms with Crippen LogP contribution in [0.2, 0.25) is 0 Å². The first-order valence-electron chi connectivity index (χ1n) is 9.09. The quantitative estimate of drug-likeness (QED) is 0.870. The number of rotatable bonds is 4. The number of ether oxygens (including phenoxy) is 1. The summed E-state index contributed by atoms with van der Waals surface area (Å²) < 4.78 is 5.34. The van der Waals surface area contributed by atoms with E-state index in [9.17, 15) is 9.59 Å². The summed E-state index contributed by atoms with van der Waals surface area (Å²) in [4.78, 5) is 28.7. The molecule has 1 atom stereocenters. The maximum Gasteiger partial charge on any atom is 0.239 e. The molecule has 25 heavy (non-hydrogen) atoms. The second-order valence-corrected chi connectivity index (χ2v) is 6.84. The molecule has 2 aliphatic heterocycles. The van der Waals surface area contributed by atoms with Crippen LogP contribution in [-0.4, -0.2) is 67.0 Å². The Morgan fingerprint density at radius 2 is 1.64 bits per heavy atom. The van der Waals surface area contributed by atoms with Gasteiger partial charge in [0.1, 0.15) is 0 Å². The minimum Gasteiger partial charge on any atom is -0.381 e. The summed E-state index contributed by atoms with van der Waals surface area (Å²) in [6.07, 6.45) is 2.11. The molecule has 0 bridgehead atoms. The van der Waals surface area contributed by atoms with E-state index in [1.54, 1.807) is 0 Å². The minimum absolute atomic E-state index is 0.0158. The fourth-order valence-electron chi connectivity index (χ4n) is 3.55. The third-order valence-corrected chi connectivity index (χ3v) is 5.20. The van der Waals surface area contributed by atoms with Crippen LogP contribution in [0.25, 0.3) is 0 Å². The van der Waals surface area contributed by atoms with Crippen molar-refractivity contribution in [2.45, 2.75) is 25.3 Å². The fourth-order valence-corrected chi connectivity index (χ4v) is 3.55. The van der Waals surface area contributed by atoms with Crippen LogP contribution in [-0.2, 0) is 20.7 Å². The van der Waals surface area contributed by atoms with Gasteiger partial charge < -0.3 is 20.3 Å². The number of amides is 2. The number of benzene rings is 1. The lowest BCUT2D eigenvalue weighted by Crippen LogP contribution is -2.56. The molecule has 0 saturated carbocycles. The summed E-state index contributed by atoms with van der Waals surface area (Å²) in [6, 6.07) is 9.30. The third-order valence-electron chi connectivity index (χ3n) is 5.20. The van der Waals surface area contributed by atoms with Crippen LogP contribution in [0.15, 0.2) is 30.3 Å². The van der Waals surface area contributed by atoms with Gasteiger partial charge in [-0.05, 0) is 24.3 Å². The standard InChI is InChI=1S/C19H27N3O3/c20-18(16-6-12-25-13-7-16)19(24)22-10-8-21(9-11-22)17(23)14-15-4-2-1-3-5-15/h1-5,16,18H,6-14,20H2. The number of carbonyl (C=O) groups is 2. The molecule has 2 N–H and O–H groups in total. The highest BCUT2D eigenvalue weighted by molar-refractivity contribution is 5.83. The predicted molar refractivity (Wildman–Crippen MR) is 94.8 cm³/mol. The normalized spacial score (nSPS) is 20.4. The molecule has 0 spiro atoms. The largest absolute Gasteiger partial charge is 0.381 e. The zero-order chi connectivity index (χ0) is 17.6. The molecule has 2 saturated heterocycles. The highest BCUT2D eigenvalue weighted by Gasteiger charge is 2.32. The first-order valence-corrected chi connectivity index (χ1v) is 9.09. The summed E-state index contributed by atoms with van der Waals surface area (Å²) in [7, 11) is 0. The van der Waals surface area contributed by atoms with Crippen LogP contribution in [0.5, 0.6) is 0 Å². The molecule has 0 aromatic heterocycles. The molecule has 3 rings (SSSR count). The second-order valence-electron chi connectivity index (χ2n) is 6.84. The molecule has 1 aromatic carbocycles. The van der Waals surface area contributed by atoms with Crippen LogP contribution >= 0.6 is 0 Å². The molecule has 2 fully saturated rings. The van der Waals surface area contributed by atoms with E-state index < -0.39 is 6.04 Å². The Hall–Kier alpha value is -1.92. The maximum absolute atomic E-state index is 12.6. The van der Waals surface area contributed by atoms with E-state index in [4.69, 9.17) is 10.5 Å². The van der Waals surface area contributed by atoms with Crippen molar-refractivity contribution in [3.63, 3.8) is 0 Å². The first-order chi connectivity index (χ1) is 12.1. The fraction of sp³-hybridized carbons (Fsp3) is 0.579. The molecule has 2 amide bonds. The van der Waals surface area contributed by atoms with E-state index in [0.717, 1.165) is 18.4 Å². The van der Waals surface area contributed by atoms with Gasteiger partial charge in [0.15, 0.2) is 0 Å². The van der Waals surface area contributed by atoms with Crippen LogP contribution in [0.1, 0.15) is 18.4 Å². The molecular weight excluding hydrogens is 318 g/mol. The second kappa shape index (κ2) is 8.45. The van der Waals surface area contributed by atoms with E-state index in [0.29, 0.717) is 45.8 Å².